The van der Waals surface area contributed by atoms with Crippen LogP contribution in [0, 0.1) is 5.92 Å². The van der Waals surface area contributed by atoms with Crippen molar-refractivity contribution in [3.8, 4) is 0 Å². The van der Waals surface area contributed by atoms with Crippen LogP contribution >= 0.6 is 0 Å². The van der Waals surface area contributed by atoms with Crippen LogP contribution in [0.15, 0.2) is 0 Å². The summed E-state index contributed by atoms with van der Waals surface area (Å²) >= 11 is 0. The lowest BCUT2D eigenvalue weighted by Gasteiger charge is -2.39. The van der Waals surface area contributed by atoms with Crippen LogP contribution in [0.4, 0.5) is 0 Å². The highest BCUT2D eigenvalue weighted by molar-refractivity contribution is 4.83. The number of aliphatic hydroxyl groups is 1. The fraction of sp³-hybridized carbons (Fsp3) is 1.00. The van der Waals surface area contributed by atoms with Gasteiger partial charge in [-0.1, -0.05) is 6.92 Å². The third kappa shape index (κ3) is 2.76. The summed E-state index contributed by atoms with van der Waals surface area (Å²) in [5.41, 5.74) is 0. The molecule has 1 N–H and O–H groups in total. The first-order chi connectivity index (χ1) is 7.70. The van der Waals surface area contributed by atoms with Gasteiger partial charge in [-0.3, -0.25) is 4.90 Å². The zero-order chi connectivity index (χ0) is 11.5. The molecular weight excluding hydrogens is 202 g/mol. The van der Waals surface area contributed by atoms with Crippen molar-refractivity contribution < 1.29 is 9.84 Å². The number of ether oxygens (including phenoxy) is 1. The van der Waals surface area contributed by atoms with Gasteiger partial charge in [0.1, 0.15) is 0 Å². The molecule has 4 atom stereocenters. The number of aliphatic hydroxyl groups excluding tert-OH is 1. The van der Waals surface area contributed by atoms with E-state index in [2.05, 4.69) is 18.7 Å². The second-order valence-electron chi connectivity index (χ2n) is 5.50. The molecular formula is C13H25NO2. The van der Waals surface area contributed by atoms with Crippen LogP contribution in [0.1, 0.15) is 39.5 Å². The second kappa shape index (κ2) is 5.48. The second-order valence-corrected chi connectivity index (χ2v) is 5.50. The number of piperidine rings is 1. The van der Waals surface area contributed by atoms with Crippen LogP contribution in [-0.4, -0.2) is 48.0 Å². The number of likely N-dealkylation sites (tertiary alicyclic amines) is 1. The summed E-state index contributed by atoms with van der Waals surface area (Å²) in [5, 5.41) is 9.05. The summed E-state index contributed by atoms with van der Waals surface area (Å²) in [6, 6.07) is 0.686. The van der Waals surface area contributed by atoms with E-state index in [1.807, 2.05) is 0 Å². The molecule has 16 heavy (non-hydrogen) atoms. The van der Waals surface area contributed by atoms with Crippen molar-refractivity contribution in [2.45, 2.75) is 57.8 Å². The van der Waals surface area contributed by atoms with Gasteiger partial charge in [-0.05, 0) is 45.1 Å². The molecule has 2 aliphatic rings. The lowest BCUT2D eigenvalue weighted by molar-refractivity contribution is -0.0178. The molecule has 0 aromatic heterocycles. The van der Waals surface area contributed by atoms with Crippen LogP contribution in [0.5, 0.6) is 0 Å². The molecule has 2 saturated heterocycles. The van der Waals surface area contributed by atoms with Gasteiger partial charge in [0.15, 0.2) is 0 Å². The Balaban J connectivity index is 1.80. The predicted molar refractivity (Wildman–Crippen MR) is 64.4 cm³/mol. The van der Waals surface area contributed by atoms with E-state index in [1.165, 1.54) is 19.4 Å². The van der Waals surface area contributed by atoms with Crippen molar-refractivity contribution >= 4 is 0 Å². The number of rotatable bonds is 3. The maximum Gasteiger partial charge on any atom is 0.0811 e. The molecule has 3 nitrogen and oxygen atoms in total. The summed E-state index contributed by atoms with van der Waals surface area (Å²) in [5.74, 6) is 0.809. The minimum Gasteiger partial charge on any atom is -0.394 e. The summed E-state index contributed by atoms with van der Waals surface area (Å²) < 4.78 is 5.81. The lowest BCUT2D eigenvalue weighted by atomic mass is 9.92. The summed E-state index contributed by atoms with van der Waals surface area (Å²) in [4.78, 5) is 2.57. The van der Waals surface area contributed by atoms with Crippen molar-refractivity contribution in [2.24, 2.45) is 5.92 Å². The summed E-state index contributed by atoms with van der Waals surface area (Å²) in [7, 11) is 0. The topological polar surface area (TPSA) is 32.7 Å². The smallest absolute Gasteiger partial charge is 0.0811 e. The minimum absolute atomic E-state index is 0.0996. The maximum absolute atomic E-state index is 9.05. The molecule has 0 radical (unpaired) electrons. The fourth-order valence-corrected chi connectivity index (χ4v) is 2.99. The van der Waals surface area contributed by atoms with Crippen LogP contribution in [-0.2, 0) is 4.74 Å². The fourth-order valence-electron chi connectivity index (χ4n) is 2.99. The number of nitrogens with zero attached hydrogens (tertiary/aromatic N) is 1. The Morgan fingerprint density at radius 3 is 2.62 bits per heavy atom. The lowest BCUT2D eigenvalue weighted by Crippen LogP contribution is -2.45. The molecule has 0 saturated carbocycles. The van der Waals surface area contributed by atoms with Crippen LogP contribution in [0.25, 0.3) is 0 Å². The van der Waals surface area contributed by atoms with E-state index < -0.39 is 0 Å². The Bertz CT molecular complexity index is 222. The molecule has 2 fully saturated rings. The quantitative estimate of drug-likeness (QED) is 0.795. The van der Waals surface area contributed by atoms with E-state index in [-0.39, 0.29) is 12.7 Å². The Hall–Kier alpha value is -0.120. The first kappa shape index (κ1) is 12.3. The standard InChI is InChI=1S/C13H25NO2/c1-10-4-3-7-14(11(10)2)8-12-5-6-13(9-15)16-12/h10-13,15H,3-9H2,1-2H3/t10?,11?,12-,13+/m0/s1. The molecule has 94 valence electrons. The third-order valence-electron chi connectivity index (χ3n) is 4.34. The summed E-state index contributed by atoms with van der Waals surface area (Å²) in [6.07, 6.45) is 5.28. The van der Waals surface area contributed by atoms with E-state index in [0.717, 1.165) is 25.3 Å². The van der Waals surface area contributed by atoms with Crippen LogP contribution in [0.2, 0.25) is 0 Å². The highest BCUT2D eigenvalue weighted by Crippen LogP contribution is 2.26. The first-order valence-corrected chi connectivity index (χ1v) is 6.71. The maximum atomic E-state index is 9.05. The third-order valence-corrected chi connectivity index (χ3v) is 4.34. The highest BCUT2D eigenvalue weighted by Gasteiger charge is 2.30. The van der Waals surface area contributed by atoms with Crippen molar-refractivity contribution in [1.82, 2.24) is 4.90 Å². The molecule has 0 bridgehead atoms. The van der Waals surface area contributed by atoms with Gasteiger partial charge < -0.3 is 9.84 Å². The van der Waals surface area contributed by atoms with Crippen LogP contribution < -0.4 is 0 Å². The van der Waals surface area contributed by atoms with Crippen molar-refractivity contribution in [2.75, 3.05) is 19.7 Å². The van der Waals surface area contributed by atoms with Gasteiger partial charge in [-0.25, -0.2) is 0 Å². The Morgan fingerprint density at radius 1 is 1.19 bits per heavy atom. The van der Waals surface area contributed by atoms with Crippen LogP contribution in [0.3, 0.4) is 0 Å². The highest BCUT2D eigenvalue weighted by atomic mass is 16.5. The number of hydrogen-bond donors (Lipinski definition) is 1. The molecule has 0 aliphatic carbocycles. The average molecular weight is 227 g/mol. The van der Waals surface area contributed by atoms with Gasteiger partial charge in [-0.15, -0.1) is 0 Å². The largest absolute Gasteiger partial charge is 0.394 e. The van der Waals surface area contributed by atoms with E-state index >= 15 is 0 Å². The molecule has 0 amide bonds. The minimum atomic E-state index is 0.0996. The monoisotopic (exact) mass is 227 g/mol. The SMILES string of the molecule is CC1CCCN(C[C@@H]2CC[C@H](CO)O2)C1C. The van der Waals surface area contributed by atoms with Gasteiger partial charge in [0, 0.05) is 12.6 Å². The Morgan fingerprint density at radius 2 is 1.94 bits per heavy atom. The average Bonchev–Trinajstić information content (AvgIpc) is 2.73. The van der Waals surface area contributed by atoms with Gasteiger partial charge in [0.25, 0.3) is 0 Å². The van der Waals surface area contributed by atoms with Gasteiger partial charge in [0.2, 0.25) is 0 Å². The molecule has 0 aromatic carbocycles. The Labute approximate surface area is 98.8 Å². The molecule has 2 heterocycles. The van der Waals surface area contributed by atoms with Crippen molar-refractivity contribution in [1.29, 1.82) is 0 Å². The van der Waals surface area contributed by atoms with Gasteiger partial charge in [0.05, 0.1) is 18.8 Å². The molecule has 3 heteroatoms. The van der Waals surface area contributed by atoms with Gasteiger partial charge in [-0.2, -0.15) is 0 Å². The van der Waals surface area contributed by atoms with E-state index in [4.69, 9.17) is 9.84 Å². The molecule has 2 unspecified atom stereocenters. The van der Waals surface area contributed by atoms with Crippen molar-refractivity contribution in [3.05, 3.63) is 0 Å². The molecule has 0 aromatic rings. The van der Waals surface area contributed by atoms with E-state index in [9.17, 15) is 0 Å². The Kier molecular flexibility index (Phi) is 4.22. The van der Waals surface area contributed by atoms with E-state index in [0.29, 0.717) is 12.1 Å². The molecule has 2 aliphatic heterocycles. The first-order valence-electron chi connectivity index (χ1n) is 6.71. The van der Waals surface area contributed by atoms with E-state index in [1.54, 1.807) is 0 Å². The zero-order valence-electron chi connectivity index (χ0n) is 10.6. The molecule has 0 spiro atoms. The normalized spacial score (nSPS) is 41.4. The number of hydrogen-bond acceptors (Lipinski definition) is 3. The molecule has 2 rings (SSSR count). The van der Waals surface area contributed by atoms with Crippen molar-refractivity contribution in [3.63, 3.8) is 0 Å². The zero-order valence-corrected chi connectivity index (χ0v) is 10.6. The predicted octanol–water partition coefficient (Wildman–Crippen LogP) is 1.65. The van der Waals surface area contributed by atoms with Gasteiger partial charge >= 0.3 is 0 Å². The summed E-state index contributed by atoms with van der Waals surface area (Å²) in [6.45, 7) is 7.14.